The van der Waals surface area contributed by atoms with Gasteiger partial charge in [0, 0.05) is 12.6 Å². The summed E-state index contributed by atoms with van der Waals surface area (Å²) in [7, 11) is 3.16. The molecule has 2 heterocycles. The number of anilines is 1. The molecule has 0 spiro atoms. The van der Waals surface area contributed by atoms with E-state index in [2.05, 4.69) is 22.0 Å². The largest absolute Gasteiger partial charge is 0.493 e. The summed E-state index contributed by atoms with van der Waals surface area (Å²) in [4.78, 5) is 21.2. The Morgan fingerprint density at radius 2 is 1.80 bits per heavy atom. The summed E-state index contributed by atoms with van der Waals surface area (Å²) in [6.07, 6.45) is 0. The maximum atomic E-state index is 12.9. The van der Waals surface area contributed by atoms with Crippen molar-refractivity contribution in [2.75, 3.05) is 32.2 Å². The predicted molar refractivity (Wildman–Crippen MR) is 95.5 cm³/mol. The van der Waals surface area contributed by atoms with Crippen molar-refractivity contribution in [1.82, 2.24) is 4.90 Å². The number of benzene rings is 2. The van der Waals surface area contributed by atoms with Crippen LogP contribution in [0.5, 0.6) is 11.5 Å². The molecule has 4 rings (SSSR count). The molecule has 0 atom stereocenters. The Kier molecular flexibility index (Phi) is 3.80. The standard InChI is InChI=1S/C19H19N3O3/c1-24-16-10-14-15(11-17(16)25-2)22(12-13-6-4-3-5-7-13)19-20-8-9-21(19)18(14)23/h3-7,10-11H,8-9,12H2,1-2H3. The molecule has 1 amide bonds. The molecule has 0 N–H and O–H groups in total. The molecule has 2 aromatic rings. The van der Waals surface area contributed by atoms with Gasteiger partial charge >= 0.3 is 0 Å². The van der Waals surface area contributed by atoms with Gasteiger partial charge in [-0.2, -0.15) is 0 Å². The van der Waals surface area contributed by atoms with Gasteiger partial charge in [-0.05, 0) is 11.6 Å². The van der Waals surface area contributed by atoms with E-state index in [1.54, 1.807) is 25.2 Å². The number of hydrogen-bond donors (Lipinski definition) is 0. The minimum atomic E-state index is -0.0449. The number of fused-ring (bicyclic) bond motifs is 2. The molecule has 6 nitrogen and oxygen atoms in total. The average molecular weight is 337 g/mol. The molecule has 2 aliphatic heterocycles. The van der Waals surface area contributed by atoms with E-state index in [1.165, 1.54) is 0 Å². The maximum Gasteiger partial charge on any atom is 0.262 e. The van der Waals surface area contributed by atoms with Crippen molar-refractivity contribution >= 4 is 17.6 Å². The van der Waals surface area contributed by atoms with Crippen molar-refractivity contribution in [3.8, 4) is 11.5 Å². The molecule has 6 heteroatoms. The topological polar surface area (TPSA) is 54.4 Å². The van der Waals surface area contributed by atoms with Gasteiger partial charge in [-0.15, -0.1) is 0 Å². The zero-order valence-electron chi connectivity index (χ0n) is 14.2. The van der Waals surface area contributed by atoms with Gasteiger partial charge in [-0.3, -0.25) is 14.7 Å². The lowest BCUT2D eigenvalue weighted by Gasteiger charge is -2.36. The lowest BCUT2D eigenvalue weighted by Crippen LogP contribution is -2.49. The fraction of sp³-hybridized carbons (Fsp3) is 0.263. The minimum absolute atomic E-state index is 0.0449. The molecule has 2 aliphatic rings. The summed E-state index contributed by atoms with van der Waals surface area (Å²) in [6.45, 7) is 1.85. The second kappa shape index (κ2) is 6.12. The Hall–Kier alpha value is -3.02. The van der Waals surface area contributed by atoms with Crippen LogP contribution in [-0.2, 0) is 6.54 Å². The normalized spacial score (nSPS) is 15.6. The lowest BCUT2D eigenvalue weighted by atomic mass is 10.1. The molecule has 0 saturated heterocycles. The van der Waals surface area contributed by atoms with Crippen molar-refractivity contribution < 1.29 is 14.3 Å². The fourth-order valence-electron chi connectivity index (χ4n) is 3.30. The summed E-state index contributed by atoms with van der Waals surface area (Å²) < 4.78 is 10.8. The van der Waals surface area contributed by atoms with Crippen LogP contribution in [0.15, 0.2) is 47.5 Å². The van der Waals surface area contributed by atoms with Crippen molar-refractivity contribution in [2.45, 2.75) is 6.54 Å². The number of amides is 1. The summed E-state index contributed by atoms with van der Waals surface area (Å²) in [5.74, 6) is 1.80. The van der Waals surface area contributed by atoms with Crippen LogP contribution in [0.1, 0.15) is 15.9 Å². The highest BCUT2D eigenvalue weighted by atomic mass is 16.5. The zero-order chi connectivity index (χ0) is 17.4. The second-order valence-corrected chi connectivity index (χ2v) is 5.93. The first-order valence-electron chi connectivity index (χ1n) is 8.16. The molecule has 0 unspecified atom stereocenters. The van der Waals surface area contributed by atoms with Gasteiger partial charge in [0.2, 0.25) is 5.96 Å². The molecule has 2 aromatic carbocycles. The number of guanidine groups is 1. The van der Waals surface area contributed by atoms with Crippen molar-refractivity contribution in [2.24, 2.45) is 4.99 Å². The molecule has 0 aliphatic carbocycles. The van der Waals surface area contributed by atoms with Gasteiger partial charge in [0.05, 0.1) is 38.6 Å². The van der Waals surface area contributed by atoms with Crippen LogP contribution in [0.4, 0.5) is 5.69 Å². The van der Waals surface area contributed by atoms with E-state index in [-0.39, 0.29) is 5.91 Å². The third kappa shape index (κ3) is 2.50. The molecule has 0 radical (unpaired) electrons. The van der Waals surface area contributed by atoms with Crippen LogP contribution in [0, 0.1) is 0 Å². The Morgan fingerprint density at radius 1 is 1.08 bits per heavy atom. The monoisotopic (exact) mass is 337 g/mol. The number of carbonyl (C=O) groups is 1. The number of ether oxygens (including phenoxy) is 2. The van der Waals surface area contributed by atoms with Crippen molar-refractivity contribution in [3.63, 3.8) is 0 Å². The smallest absolute Gasteiger partial charge is 0.262 e. The molecule has 0 fully saturated rings. The summed E-state index contributed by atoms with van der Waals surface area (Å²) in [6, 6.07) is 13.7. The van der Waals surface area contributed by atoms with E-state index in [0.717, 1.165) is 11.3 Å². The number of aliphatic imine (C=N–C) groups is 1. The number of rotatable bonds is 4. The molecule has 128 valence electrons. The van der Waals surface area contributed by atoms with Gasteiger partial charge in [0.15, 0.2) is 11.5 Å². The van der Waals surface area contributed by atoms with E-state index in [0.29, 0.717) is 42.7 Å². The number of methoxy groups -OCH3 is 2. The van der Waals surface area contributed by atoms with Gasteiger partial charge < -0.3 is 14.4 Å². The first kappa shape index (κ1) is 15.5. The van der Waals surface area contributed by atoms with E-state index >= 15 is 0 Å². The van der Waals surface area contributed by atoms with Crippen LogP contribution in [-0.4, -0.2) is 44.1 Å². The number of nitrogens with zero attached hydrogens (tertiary/aromatic N) is 3. The highest BCUT2D eigenvalue weighted by Crippen LogP contribution is 2.39. The summed E-state index contributed by atoms with van der Waals surface area (Å²) in [5.41, 5.74) is 2.55. The third-order valence-electron chi connectivity index (χ3n) is 4.51. The summed E-state index contributed by atoms with van der Waals surface area (Å²) >= 11 is 0. The Labute approximate surface area is 146 Å². The van der Waals surface area contributed by atoms with E-state index in [1.807, 2.05) is 24.3 Å². The summed E-state index contributed by atoms with van der Waals surface area (Å²) in [5, 5.41) is 0. The minimum Gasteiger partial charge on any atom is -0.493 e. The van der Waals surface area contributed by atoms with Crippen LogP contribution < -0.4 is 14.4 Å². The second-order valence-electron chi connectivity index (χ2n) is 5.93. The highest BCUT2D eigenvalue weighted by Gasteiger charge is 2.38. The van der Waals surface area contributed by atoms with Gasteiger partial charge in [0.1, 0.15) is 0 Å². The first-order valence-corrected chi connectivity index (χ1v) is 8.16. The number of hydrogen-bond acceptors (Lipinski definition) is 5. The quantitative estimate of drug-likeness (QED) is 0.860. The Balaban J connectivity index is 1.85. The molecular formula is C19H19N3O3. The highest BCUT2D eigenvalue weighted by molar-refractivity contribution is 6.19. The van der Waals surface area contributed by atoms with Crippen molar-refractivity contribution in [3.05, 3.63) is 53.6 Å². The zero-order valence-corrected chi connectivity index (χ0v) is 14.2. The molecule has 0 aromatic heterocycles. The number of carbonyl (C=O) groups excluding carboxylic acids is 1. The third-order valence-corrected chi connectivity index (χ3v) is 4.51. The van der Waals surface area contributed by atoms with E-state index in [4.69, 9.17) is 9.47 Å². The van der Waals surface area contributed by atoms with Crippen LogP contribution in [0.3, 0.4) is 0 Å². The molecular weight excluding hydrogens is 318 g/mol. The molecule has 0 bridgehead atoms. The van der Waals surface area contributed by atoms with Gasteiger partial charge in [-0.25, -0.2) is 0 Å². The van der Waals surface area contributed by atoms with Crippen LogP contribution in [0.2, 0.25) is 0 Å². The first-order chi connectivity index (χ1) is 12.2. The maximum absolute atomic E-state index is 12.9. The Bertz CT molecular complexity index is 848. The Morgan fingerprint density at radius 3 is 2.52 bits per heavy atom. The van der Waals surface area contributed by atoms with E-state index in [9.17, 15) is 4.79 Å². The van der Waals surface area contributed by atoms with Gasteiger partial charge in [0.25, 0.3) is 5.91 Å². The SMILES string of the molecule is COc1cc2c(cc1OC)N(Cc1ccccc1)C1=NCCN1C2=O. The van der Waals surface area contributed by atoms with E-state index < -0.39 is 0 Å². The lowest BCUT2D eigenvalue weighted by molar-refractivity contribution is 0.0851. The van der Waals surface area contributed by atoms with Crippen LogP contribution >= 0.6 is 0 Å². The fourth-order valence-corrected chi connectivity index (χ4v) is 3.30. The van der Waals surface area contributed by atoms with Crippen molar-refractivity contribution in [1.29, 1.82) is 0 Å². The average Bonchev–Trinajstić information content (AvgIpc) is 3.15. The van der Waals surface area contributed by atoms with Gasteiger partial charge in [-0.1, -0.05) is 30.3 Å². The molecule has 0 saturated carbocycles. The van der Waals surface area contributed by atoms with Crippen LogP contribution in [0.25, 0.3) is 0 Å². The predicted octanol–water partition coefficient (Wildman–Crippen LogP) is 2.54. The molecule has 25 heavy (non-hydrogen) atoms.